The second-order valence-corrected chi connectivity index (χ2v) is 7.17. The van der Waals surface area contributed by atoms with Gasteiger partial charge in [-0.15, -0.1) is 0 Å². The van der Waals surface area contributed by atoms with Crippen LogP contribution < -0.4 is 5.73 Å². The fraction of sp³-hybridized carbons (Fsp3) is 1.00. The van der Waals surface area contributed by atoms with E-state index in [0.29, 0.717) is 5.41 Å². The average molecular weight is 238 g/mol. The lowest BCUT2D eigenvalue weighted by Gasteiger charge is -2.46. The number of nitrogens with two attached hydrogens (primary N) is 1. The maximum atomic E-state index is 5.77. The van der Waals surface area contributed by atoms with Gasteiger partial charge < -0.3 is 10.6 Å². The molecule has 2 fully saturated rings. The Morgan fingerprint density at radius 1 is 1.18 bits per heavy atom. The highest BCUT2D eigenvalue weighted by Crippen LogP contribution is 2.41. The first kappa shape index (κ1) is 13.4. The van der Waals surface area contributed by atoms with Gasteiger partial charge in [-0.3, -0.25) is 0 Å². The normalized spacial score (nSPS) is 36.0. The van der Waals surface area contributed by atoms with Gasteiger partial charge in [0.1, 0.15) is 0 Å². The Morgan fingerprint density at radius 2 is 1.82 bits per heavy atom. The van der Waals surface area contributed by atoms with E-state index >= 15 is 0 Å². The molecule has 1 saturated heterocycles. The van der Waals surface area contributed by atoms with E-state index < -0.39 is 0 Å². The Morgan fingerprint density at radius 3 is 2.35 bits per heavy atom. The average Bonchev–Trinajstić information content (AvgIpc) is 2.28. The van der Waals surface area contributed by atoms with Gasteiger partial charge in [0.05, 0.1) is 0 Å². The van der Waals surface area contributed by atoms with Crippen LogP contribution in [-0.2, 0) is 0 Å². The molecule has 1 aliphatic heterocycles. The molecule has 2 heteroatoms. The van der Waals surface area contributed by atoms with Crippen molar-refractivity contribution in [1.29, 1.82) is 0 Å². The lowest BCUT2D eigenvalue weighted by atomic mass is 9.70. The van der Waals surface area contributed by atoms with Gasteiger partial charge in [0.25, 0.3) is 0 Å². The van der Waals surface area contributed by atoms with Crippen molar-refractivity contribution < 1.29 is 0 Å². The Labute approximate surface area is 107 Å². The molecule has 0 spiro atoms. The summed E-state index contributed by atoms with van der Waals surface area (Å²) in [6.45, 7) is 10.8. The van der Waals surface area contributed by atoms with Crippen molar-refractivity contribution >= 4 is 0 Å². The minimum Gasteiger partial charge on any atom is -0.330 e. The van der Waals surface area contributed by atoms with Gasteiger partial charge in [-0.25, -0.2) is 0 Å². The standard InChI is InChI=1S/C15H30N2/c1-12-10-15(2,3)7-4-14(12)17-8-5-13(11-16)6-9-17/h12-14H,4-11,16H2,1-3H3. The molecule has 2 aliphatic rings. The maximum Gasteiger partial charge on any atom is 0.0121 e. The SMILES string of the molecule is CC1CC(C)(C)CCC1N1CCC(CN)CC1. The maximum absolute atomic E-state index is 5.77. The van der Waals surface area contributed by atoms with Crippen molar-refractivity contribution in [2.24, 2.45) is 23.0 Å². The molecule has 0 bridgehead atoms. The predicted octanol–water partition coefficient (Wildman–Crippen LogP) is 2.87. The van der Waals surface area contributed by atoms with E-state index in [2.05, 4.69) is 25.7 Å². The van der Waals surface area contributed by atoms with Crippen LogP contribution in [0.1, 0.15) is 52.9 Å². The van der Waals surface area contributed by atoms with Gasteiger partial charge in [-0.05, 0) is 69.0 Å². The summed E-state index contributed by atoms with van der Waals surface area (Å²) in [6, 6.07) is 0.849. The minimum atomic E-state index is 0.575. The number of likely N-dealkylation sites (tertiary alicyclic amines) is 1. The summed E-state index contributed by atoms with van der Waals surface area (Å²) < 4.78 is 0. The topological polar surface area (TPSA) is 29.3 Å². The molecule has 2 unspecified atom stereocenters. The minimum absolute atomic E-state index is 0.575. The summed E-state index contributed by atoms with van der Waals surface area (Å²) >= 11 is 0. The number of piperidine rings is 1. The van der Waals surface area contributed by atoms with E-state index in [1.807, 2.05) is 0 Å². The Bertz CT molecular complexity index is 241. The van der Waals surface area contributed by atoms with E-state index in [1.165, 1.54) is 45.2 Å². The molecule has 0 aromatic carbocycles. The van der Waals surface area contributed by atoms with Crippen LogP contribution in [0.5, 0.6) is 0 Å². The second-order valence-electron chi connectivity index (χ2n) is 7.17. The highest BCUT2D eigenvalue weighted by Gasteiger charge is 2.36. The number of hydrogen-bond donors (Lipinski definition) is 1. The summed E-state index contributed by atoms with van der Waals surface area (Å²) in [7, 11) is 0. The van der Waals surface area contributed by atoms with Crippen LogP contribution in [0.4, 0.5) is 0 Å². The van der Waals surface area contributed by atoms with Crippen LogP contribution in [0.2, 0.25) is 0 Å². The molecule has 0 aromatic heterocycles. The summed E-state index contributed by atoms with van der Waals surface area (Å²) in [4.78, 5) is 2.76. The first-order valence-corrected chi connectivity index (χ1v) is 7.46. The van der Waals surface area contributed by atoms with Crippen molar-refractivity contribution in [2.45, 2.75) is 58.9 Å². The molecular formula is C15H30N2. The smallest absolute Gasteiger partial charge is 0.0121 e. The first-order valence-electron chi connectivity index (χ1n) is 7.46. The van der Waals surface area contributed by atoms with Crippen LogP contribution in [-0.4, -0.2) is 30.6 Å². The Hall–Kier alpha value is -0.0800. The third-order valence-corrected chi connectivity index (χ3v) is 5.10. The fourth-order valence-electron chi connectivity index (χ4n) is 4.00. The van der Waals surface area contributed by atoms with Crippen LogP contribution >= 0.6 is 0 Å². The van der Waals surface area contributed by atoms with E-state index in [9.17, 15) is 0 Å². The van der Waals surface area contributed by atoms with Gasteiger partial charge in [0.2, 0.25) is 0 Å². The van der Waals surface area contributed by atoms with Crippen molar-refractivity contribution in [3.05, 3.63) is 0 Å². The lowest BCUT2D eigenvalue weighted by molar-refractivity contribution is 0.0386. The van der Waals surface area contributed by atoms with Crippen molar-refractivity contribution in [2.75, 3.05) is 19.6 Å². The second kappa shape index (κ2) is 5.27. The van der Waals surface area contributed by atoms with Crippen molar-refractivity contribution in [3.63, 3.8) is 0 Å². The van der Waals surface area contributed by atoms with Crippen LogP contribution in [0.3, 0.4) is 0 Å². The molecule has 100 valence electrons. The van der Waals surface area contributed by atoms with Gasteiger partial charge in [-0.2, -0.15) is 0 Å². The zero-order chi connectivity index (χ0) is 12.5. The third-order valence-electron chi connectivity index (χ3n) is 5.10. The third kappa shape index (κ3) is 3.23. The number of hydrogen-bond acceptors (Lipinski definition) is 2. The largest absolute Gasteiger partial charge is 0.330 e. The molecule has 2 rings (SSSR count). The van der Waals surface area contributed by atoms with E-state index in [0.717, 1.165) is 24.4 Å². The summed E-state index contributed by atoms with van der Waals surface area (Å²) in [6.07, 6.45) is 6.85. The summed E-state index contributed by atoms with van der Waals surface area (Å²) in [5.41, 5.74) is 6.35. The van der Waals surface area contributed by atoms with Crippen molar-refractivity contribution in [3.8, 4) is 0 Å². The summed E-state index contributed by atoms with van der Waals surface area (Å²) in [5.74, 6) is 1.66. The monoisotopic (exact) mass is 238 g/mol. The molecule has 0 amide bonds. The first-order chi connectivity index (χ1) is 8.02. The molecule has 0 radical (unpaired) electrons. The predicted molar refractivity (Wildman–Crippen MR) is 73.9 cm³/mol. The van der Waals surface area contributed by atoms with Gasteiger partial charge >= 0.3 is 0 Å². The molecule has 0 aromatic rings. The quantitative estimate of drug-likeness (QED) is 0.801. The Kier molecular flexibility index (Phi) is 4.14. The van der Waals surface area contributed by atoms with Gasteiger partial charge in [0, 0.05) is 6.04 Å². The molecule has 2 nitrogen and oxygen atoms in total. The molecule has 1 heterocycles. The Balaban J connectivity index is 1.87. The lowest BCUT2D eigenvalue weighted by Crippen LogP contribution is -2.48. The van der Waals surface area contributed by atoms with Crippen molar-refractivity contribution in [1.82, 2.24) is 4.90 Å². The molecule has 2 atom stereocenters. The molecule has 1 aliphatic carbocycles. The number of rotatable bonds is 2. The molecule has 1 saturated carbocycles. The molecular weight excluding hydrogens is 208 g/mol. The van der Waals surface area contributed by atoms with Gasteiger partial charge in [0.15, 0.2) is 0 Å². The van der Waals surface area contributed by atoms with E-state index in [4.69, 9.17) is 5.73 Å². The van der Waals surface area contributed by atoms with Crippen LogP contribution in [0.25, 0.3) is 0 Å². The van der Waals surface area contributed by atoms with Crippen LogP contribution in [0.15, 0.2) is 0 Å². The highest BCUT2D eigenvalue weighted by atomic mass is 15.2. The number of nitrogens with zero attached hydrogens (tertiary/aromatic N) is 1. The molecule has 17 heavy (non-hydrogen) atoms. The zero-order valence-electron chi connectivity index (χ0n) is 11.9. The molecule has 2 N–H and O–H groups in total. The van der Waals surface area contributed by atoms with Crippen LogP contribution in [0, 0.1) is 17.3 Å². The van der Waals surface area contributed by atoms with E-state index in [1.54, 1.807) is 0 Å². The fourth-order valence-corrected chi connectivity index (χ4v) is 4.00. The summed E-state index contributed by atoms with van der Waals surface area (Å²) in [5, 5.41) is 0. The van der Waals surface area contributed by atoms with E-state index in [-0.39, 0.29) is 0 Å². The zero-order valence-corrected chi connectivity index (χ0v) is 11.9. The highest BCUT2D eigenvalue weighted by molar-refractivity contribution is 4.90. The van der Waals surface area contributed by atoms with Gasteiger partial charge in [-0.1, -0.05) is 20.8 Å².